The average molecular weight is 218 g/mol. The van der Waals surface area contributed by atoms with Crippen LogP contribution in [0.4, 0.5) is 13.2 Å². The fraction of sp³-hybridized carbons (Fsp3) is 0.455. The molecule has 1 aromatic rings. The van der Waals surface area contributed by atoms with Crippen molar-refractivity contribution in [1.82, 2.24) is 0 Å². The van der Waals surface area contributed by atoms with Gasteiger partial charge in [0, 0.05) is 0 Å². The highest BCUT2D eigenvalue weighted by Crippen LogP contribution is 2.38. The molecule has 0 aliphatic carbocycles. The van der Waals surface area contributed by atoms with Crippen molar-refractivity contribution in [2.24, 2.45) is 0 Å². The lowest BCUT2D eigenvalue weighted by molar-refractivity contribution is -0.138. The zero-order chi connectivity index (χ0) is 11.9. The Morgan fingerprint density at radius 3 is 2.00 bits per heavy atom. The lowest BCUT2D eigenvalue weighted by Crippen LogP contribution is -2.13. The normalized spacial score (nSPS) is 12.9. The van der Waals surface area contributed by atoms with Crippen molar-refractivity contribution in [2.75, 3.05) is 0 Å². The van der Waals surface area contributed by atoms with E-state index in [4.69, 9.17) is 5.11 Å². The summed E-state index contributed by atoms with van der Waals surface area (Å²) in [5.74, 6) is -0.726. The Labute approximate surface area is 86.5 Å². The van der Waals surface area contributed by atoms with E-state index in [9.17, 15) is 13.2 Å². The van der Waals surface area contributed by atoms with Gasteiger partial charge in [-0.25, -0.2) is 0 Å². The third-order valence-electron chi connectivity index (χ3n) is 2.17. The summed E-state index contributed by atoms with van der Waals surface area (Å²) in [6, 6.07) is 3.59. The fourth-order valence-corrected chi connectivity index (χ4v) is 1.23. The van der Waals surface area contributed by atoms with Crippen molar-refractivity contribution in [3.05, 3.63) is 29.3 Å². The van der Waals surface area contributed by atoms with Gasteiger partial charge in [0.05, 0.1) is 5.56 Å². The molecule has 1 aromatic carbocycles. The first-order valence-electron chi connectivity index (χ1n) is 4.53. The molecule has 1 rings (SSSR count). The van der Waals surface area contributed by atoms with Gasteiger partial charge in [-0.05, 0) is 23.1 Å². The minimum atomic E-state index is -4.51. The van der Waals surface area contributed by atoms with Crippen molar-refractivity contribution in [1.29, 1.82) is 0 Å². The summed E-state index contributed by atoms with van der Waals surface area (Å²) in [4.78, 5) is 0. The molecule has 0 aliphatic heterocycles. The lowest BCUT2D eigenvalue weighted by Gasteiger charge is -2.20. The molecule has 0 spiro atoms. The predicted octanol–water partition coefficient (Wildman–Crippen LogP) is 3.71. The van der Waals surface area contributed by atoms with Crippen LogP contribution in [0.1, 0.15) is 31.9 Å². The molecule has 0 aliphatic rings. The first-order chi connectivity index (χ1) is 6.62. The quantitative estimate of drug-likeness (QED) is 0.703. The van der Waals surface area contributed by atoms with Gasteiger partial charge in [-0.15, -0.1) is 0 Å². The number of rotatable bonds is 0. The number of phenolic OH excluding ortho intramolecular Hbond substituents is 1. The molecule has 0 atom stereocenters. The van der Waals surface area contributed by atoms with Crippen LogP contribution in [0.25, 0.3) is 0 Å². The minimum Gasteiger partial charge on any atom is -0.507 e. The van der Waals surface area contributed by atoms with Crippen molar-refractivity contribution in [3.8, 4) is 5.75 Å². The summed E-state index contributed by atoms with van der Waals surface area (Å²) in [7, 11) is 0. The van der Waals surface area contributed by atoms with Crippen LogP contribution in [0.5, 0.6) is 5.75 Å². The van der Waals surface area contributed by atoms with Gasteiger partial charge in [-0.2, -0.15) is 13.2 Å². The average Bonchev–Trinajstić information content (AvgIpc) is 2.00. The van der Waals surface area contributed by atoms with Crippen LogP contribution < -0.4 is 0 Å². The number of alkyl halides is 3. The second kappa shape index (κ2) is 3.43. The number of phenols is 1. The number of aromatic hydroxyl groups is 1. The summed E-state index contributed by atoms with van der Waals surface area (Å²) in [6.07, 6.45) is -4.51. The summed E-state index contributed by atoms with van der Waals surface area (Å²) >= 11 is 0. The van der Waals surface area contributed by atoms with E-state index in [-0.39, 0.29) is 5.41 Å². The smallest absolute Gasteiger partial charge is 0.419 e. The lowest BCUT2D eigenvalue weighted by atomic mass is 9.86. The molecule has 0 saturated heterocycles. The van der Waals surface area contributed by atoms with E-state index in [1.807, 2.05) is 20.8 Å². The van der Waals surface area contributed by atoms with Crippen LogP contribution in [-0.2, 0) is 11.6 Å². The van der Waals surface area contributed by atoms with Crippen LogP contribution in [0.15, 0.2) is 18.2 Å². The molecular weight excluding hydrogens is 205 g/mol. The molecular formula is C11H13F3O. The maximum absolute atomic E-state index is 12.5. The van der Waals surface area contributed by atoms with Gasteiger partial charge in [0.1, 0.15) is 5.75 Å². The molecule has 15 heavy (non-hydrogen) atoms. The van der Waals surface area contributed by atoms with Crippen LogP contribution in [0, 0.1) is 0 Å². The highest BCUT2D eigenvalue weighted by atomic mass is 19.4. The molecule has 0 radical (unpaired) electrons. The molecule has 0 fully saturated rings. The summed E-state index contributed by atoms with van der Waals surface area (Å²) < 4.78 is 37.4. The van der Waals surface area contributed by atoms with Crippen molar-refractivity contribution < 1.29 is 18.3 Å². The zero-order valence-corrected chi connectivity index (χ0v) is 8.81. The molecule has 1 N–H and O–H groups in total. The van der Waals surface area contributed by atoms with E-state index in [0.29, 0.717) is 5.56 Å². The zero-order valence-electron chi connectivity index (χ0n) is 8.81. The number of benzene rings is 1. The SMILES string of the molecule is CC(C)(C)c1ccc(O)c(C(F)(F)F)c1. The fourth-order valence-electron chi connectivity index (χ4n) is 1.23. The third-order valence-corrected chi connectivity index (χ3v) is 2.17. The van der Waals surface area contributed by atoms with Gasteiger partial charge in [-0.1, -0.05) is 26.8 Å². The van der Waals surface area contributed by atoms with Crippen LogP contribution in [0.3, 0.4) is 0 Å². The van der Waals surface area contributed by atoms with Crippen LogP contribution >= 0.6 is 0 Å². The Hall–Kier alpha value is -1.19. The number of halogens is 3. The molecule has 1 nitrogen and oxygen atoms in total. The minimum absolute atomic E-state index is 0.367. The molecule has 0 heterocycles. The molecule has 0 aromatic heterocycles. The number of hydrogen-bond acceptors (Lipinski definition) is 1. The van der Waals surface area contributed by atoms with Crippen molar-refractivity contribution in [2.45, 2.75) is 32.4 Å². The molecule has 84 valence electrons. The molecule has 4 heteroatoms. The Bertz CT molecular complexity index is 361. The van der Waals surface area contributed by atoms with Gasteiger partial charge in [-0.3, -0.25) is 0 Å². The van der Waals surface area contributed by atoms with E-state index in [0.717, 1.165) is 12.1 Å². The number of hydrogen-bond donors (Lipinski definition) is 1. The van der Waals surface area contributed by atoms with Crippen molar-refractivity contribution in [3.63, 3.8) is 0 Å². The van der Waals surface area contributed by atoms with E-state index >= 15 is 0 Å². The maximum atomic E-state index is 12.5. The Kier molecular flexibility index (Phi) is 2.72. The monoisotopic (exact) mass is 218 g/mol. The van der Waals surface area contributed by atoms with Gasteiger partial charge in [0.25, 0.3) is 0 Å². The summed E-state index contributed by atoms with van der Waals surface area (Å²) in [5, 5.41) is 9.12. The first-order valence-corrected chi connectivity index (χ1v) is 4.53. The van der Waals surface area contributed by atoms with Gasteiger partial charge >= 0.3 is 6.18 Å². The second-order valence-corrected chi connectivity index (χ2v) is 4.48. The van der Waals surface area contributed by atoms with E-state index in [1.165, 1.54) is 6.07 Å². The highest BCUT2D eigenvalue weighted by Gasteiger charge is 2.34. The predicted molar refractivity (Wildman–Crippen MR) is 51.8 cm³/mol. The Morgan fingerprint density at radius 1 is 1.07 bits per heavy atom. The second-order valence-electron chi connectivity index (χ2n) is 4.48. The van der Waals surface area contributed by atoms with E-state index < -0.39 is 17.5 Å². The molecule has 0 amide bonds. The van der Waals surface area contributed by atoms with Crippen LogP contribution in [-0.4, -0.2) is 5.11 Å². The largest absolute Gasteiger partial charge is 0.507 e. The molecule has 0 saturated carbocycles. The molecule has 0 unspecified atom stereocenters. The van der Waals surface area contributed by atoms with Gasteiger partial charge < -0.3 is 5.11 Å². The van der Waals surface area contributed by atoms with Gasteiger partial charge in [0.15, 0.2) is 0 Å². The highest BCUT2D eigenvalue weighted by molar-refractivity contribution is 5.40. The summed E-state index contributed by atoms with van der Waals surface area (Å²) in [6.45, 7) is 5.46. The van der Waals surface area contributed by atoms with E-state index in [2.05, 4.69) is 0 Å². The summed E-state index contributed by atoms with van der Waals surface area (Å²) in [5.41, 5.74) is -0.796. The van der Waals surface area contributed by atoms with Gasteiger partial charge in [0.2, 0.25) is 0 Å². The van der Waals surface area contributed by atoms with Crippen molar-refractivity contribution >= 4 is 0 Å². The molecule has 0 bridgehead atoms. The third kappa shape index (κ3) is 2.64. The Morgan fingerprint density at radius 2 is 1.60 bits per heavy atom. The van der Waals surface area contributed by atoms with Crippen LogP contribution in [0.2, 0.25) is 0 Å². The Balaban J connectivity index is 3.30. The first kappa shape index (κ1) is 11.9. The topological polar surface area (TPSA) is 20.2 Å². The van der Waals surface area contributed by atoms with E-state index in [1.54, 1.807) is 0 Å². The maximum Gasteiger partial charge on any atom is 0.419 e. The standard InChI is InChI=1S/C11H13F3O/c1-10(2,3)7-4-5-9(15)8(6-7)11(12,13)14/h4-6,15H,1-3H3.